The van der Waals surface area contributed by atoms with Crippen LogP contribution in [0.15, 0.2) is 53.4 Å². The number of nitrogens with one attached hydrogen (secondary N) is 2. The maximum absolute atomic E-state index is 14.8. The fourth-order valence-corrected chi connectivity index (χ4v) is 8.98. The first-order valence-electron chi connectivity index (χ1n) is 19.6. The van der Waals surface area contributed by atoms with Gasteiger partial charge in [0.2, 0.25) is 10.0 Å². The van der Waals surface area contributed by atoms with Gasteiger partial charge in [-0.25, -0.2) is 18.0 Å². The molecule has 2 rings (SSSR count). The van der Waals surface area contributed by atoms with Gasteiger partial charge in [-0.3, -0.25) is 4.90 Å². The molecule has 0 aliphatic rings. The van der Waals surface area contributed by atoms with E-state index in [0.717, 1.165) is 17.7 Å². The number of hydrogen-bond acceptors (Lipinski definition) is 8. The lowest BCUT2D eigenvalue weighted by Gasteiger charge is -2.44. The van der Waals surface area contributed by atoms with Gasteiger partial charge in [-0.1, -0.05) is 83.5 Å². The lowest BCUT2D eigenvalue weighted by molar-refractivity contribution is -0.118. The van der Waals surface area contributed by atoms with Crippen molar-refractivity contribution in [3.05, 3.63) is 54.1 Å². The van der Waals surface area contributed by atoms with E-state index < -0.39 is 56.0 Å². The Morgan fingerprint density at radius 3 is 1.98 bits per heavy atom. The summed E-state index contributed by atoms with van der Waals surface area (Å²) in [6.45, 7) is 25.6. The second kappa shape index (κ2) is 22.2. The molecule has 0 radical (unpaired) electrons. The monoisotopic (exact) mass is 838 g/mol. The Kier molecular flexibility index (Phi) is 19.5. The van der Waals surface area contributed by atoms with Crippen molar-refractivity contribution in [2.45, 2.75) is 122 Å². The van der Waals surface area contributed by atoms with Crippen molar-refractivity contribution in [1.82, 2.24) is 14.5 Å². The predicted molar refractivity (Wildman–Crippen MR) is 230 cm³/mol. The van der Waals surface area contributed by atoms with Crippen molar-refractivity contribution in [2.75, 3.05) is 51.8 Å². The summed E-state index contributed by atoms with van der Waals surface area (Å²) in [6.07, 6.45) is -1.81. The van der Waals surface area contributed by atoms with E-state index in [1.165, 1.54) is 27.4 Å². The topological polar surface area (TPSA) is 156 Å². The highest BCUT2D eigenvalue weighted by Gasteiger charge is 2.41. The van der Waals surface area contributed by atoms with Crippen LogP contribution in [0.2, 0.25) is 51.4 Å². The van der Waals surface area contributed by atoms with Gasteiger partial charge in [0, 0.05) is 54.5 Å². The first-order valence-corrected chi connectivity index (χ1v) is 28.4. The summed E-state index contributed by atoms with van der Waals surface area (Å²) in [4.78, 5) is 27.1. The molecule has 3 N–H and O–H groups in total. The second-order valence-electron chi connectivity index (χ2n) is 18.0. The van der Waals surface area contributed by atoms with Crippen molar-refractivity contribution in [3.8, 4) is 5.75 Å². The van der Waals surface area contributed by atoms with Gasteiger partial charge < -0.3 is 34.7 Å². The van der Waals surface area contributed by atoms with Gasteiger partial charge in [0.1, 0.15) is 12.5 Å². The van der Waals surface area contributed by atoms with Crippen molar-refractivity contribution < 1.29 is 42.1 Å². The zero-order valence-corrected chi connectivity index (χ0v) is 38.8. The Morgan fingerprint density at radius 2 is 1.46 bits per heavy atom. The number of hydrogen-bond donors (Lipinski definition) is 3. The minimum Gasteiger partial charge on any atom is -0.465 e. The number of sulfonamides is 1. The Balaban J connectivity index is 2.64. The van der Waals surface area contributed by atoms with Crippen LogP contribution < -0.4 is 15.4 Å². The molecule has 0 unspecified atom stereocenters. The molecular weight excluding hydrogens is 769 g/mol. The van der Waals surface area contributed by atoms with Crippen LogP contribution in [0.1, 0.15) is 47.1 Å². The number of amides is 3. The van der Waals surface area contributed by atoms with Crippen LogP contribution in [0.5, 0.6) is 5.75 Å². The van der Waals surface area contributed by atoms with Gasteiger partial charge in [-0.05, 0) is 75.9 Å². The molecule has 13 nitrogen and oxygen atoms in total. The molecule has 0 bridgehead atoms. The number of ether oxygens (including phenoxy) is 4. The largest absolute Gasteiger partial charge is 0.465 e. The predicted octanol–water partition coefficient (Wildman–Crippen LogP) is 8.25. The first-order chi connectivity index (χ1) is 25.9. The molecule has 0 aromatic heterocycles. The smallest absolute Gasteiger partial charge is 0.408 e. The van der Waals surface area contributed by atoms with E-state index in [0.29, 0.717) is 19.8 Å². The summed E-state index contributed by atoms with van der Waals surface area (Å²) in [6, 6.07) is 14.4. The number of carboxylic acid groups (broad SMARTS) is 1. The first kappa shape index (κ1) is 49.2. The third-order valence-electron chi connectivity index (χ3n) is 8.76. The number of benzene rings is 2. The van der Waals surface area contributed by atoms with Crippen LogP contribution in [0.3, 0.4) is 0 Å². The summed E-state index contributed by atoms with van der Waals surface area (Å²) in [5.41, 5.74) is 0.174. The van der Waals surface area contributed by atoms with Crippen molar-refractivity contribution in [1.29, 1.82) is 0 Å². The van der Waals surface area contributed by atoms with E-state index in [9.17, 15) is 23.1 Å². The number of nitrogens with zero attached hydrogens (tertiary/aromatic N) is 2. The maximum Gasteiger partial charge on any atom is 0.408 e. The zero-order valence-electron chi connectivity index (χ0n) is 35.9. The Bertz CT molecular complexity index is 1610. The number of urea groups is 1. The average Bonchev–Trinajstić information content (AvgIpc) is 3.05. The lowest BCUT2D eigenvalue weighted by Crippen LogP contribution is -2.59. The quantitative estimate of drug-likeness (QED) is 0.0539. The van der Waals surface area contributed by atoms with E-state index in [2.05, 4.69) is 49.9 Å². The molecule has 3 amide bonds. The van der Waals surface area contributed by atoms with Crippen molar-refractivity contribution >= 4 is 44.0 Å². The van der Waals surface area contributed by atoms with E-state index in [4.69, 9.17) is 18.9 Å². The Morgan fingerprint density at radius 1 is 0.875 bits per heavy atom. The maximum atomic E-state index is 14.8. The molecule has 0 aliphatic carbocycles. The fourth-order valence-electron chi connectivity index (χ4n) is 5.82. The van der Waals surface area contributed by atoms with E-state index in [1.54, 1.807) is 6.92 Å². The molecule has 0 aliphatic heterocycles. The van der Waals surface area contributed by atoms with Gasteiger partial charge in [-0.15, -0.1) is 0 Å². The van der Waals surface area contributed by atoms with Crippen LogP contribution in [0.4, 0.5) is 15.3 Å². The summed E-state index contributed by atoms with van der Waals surface area (Å²) >= 11 is 0. The number of anilines is 1. The SMILES string of the molecule is CCNC(=O)Nc1cc(S(=O)(=O)N(CC(C)C)C[C@@H](OCOCC[Si](C)(C)C)[C@H](Cc2ccccc2)N(C(=O)O)C(C)(C)C)ccc1OCOCC[Si](C)(C)C. The molecule has 56 heavy (non-hydrogen) atoms. The van der Waals surface area contributed by atoms with Crippen LogP contribution in [-0.4, -0.2) is 115 Å². The molecule has 0 heterocycles. The molecule has 318 valence electrons. The van der Waals surface area contributed by atoms with Gasteiger partial charge in [0.25, 0.3) is 0 Å². The summed E-state index contributed by atoms with van der Waals surface area (Å²) < 4.78 is 54.9. The fraction of sp³-hybridized carbons (Fsp3) is 0.650. The molecule has 0 saturated heterocycles. The van der Waals surface area contributed by atoms with Crippen LogP contribution in [-0.2, 0) is 30.7 Å². The highest BCUT2D eigenvalue weighted by Crippen LogP contribution is 2.31. The van der Waals surface area contributed by atoms with Gasteiger partial charge in [-0.2, -0.15) is 4.31 Å². The van der Waals surface area contributed by atoms with Crippen LogP contribution >= 0.6 is 0 Å². The average molecular weight is 839 g/mol. The highest BCUT2D eigenvalue weighted by atomic mass is 32.2. The molecule has 2 aromatic rings. The summed E-state index contributed by atoms with van der Waals surface area (Å²) in [5, 5.41) is 16.1. The van der Waals surface area contributed by atoms with Gasteiger partial charge in [0.15, 0.2) is 6.79 Å². The van der Waals surface area contributed by atoms with Gasteiger partial charge >= 0.3 is 12.1 Å². The molecular formula is C40H70N4O9SSi2. The minimum atomic E-state index is -4.27. The number of carbonyl (C=O) groups excluding carboxylic acids is 1. The Hall–Kier alpha value is -3.00. The van der Waals surface area contributed by atoms with Crippen LogP contribution in [0.25, 0.3) is 0 Å². The second-order valence-corrected chi connectivity index (χ2v) is 31.1. The minimum absolute atomic E-state index is 0.0736. The van der Waals surface area contributed by atoms with Crippen LogP contribution in [0, 0.1) is 5.92 Å². The molecule has 16 heteroatoms. The van der Waals surface area contributed by atoms with Gasteiger partial charge in [0.05, 0.1) is 22.7 Å². The normalized spacial score (nSPS) is 13.8. The van der Waals surface area contributed by atoms with E-state index in [1.807, 2.05) is 65.0 Å². The third kappa shape index (κ3) is 17.6. The van der Waals surface area contributed by atoms with E-state index >= 15 is 0 Å². The lowest BCUT2D eigenvalue weighted by atomic mass is 9.94. The number of rotatable bonds is 24. The Labute approximate surface area is 338 Å². The molecule has 2 aromatic carbocycles. The molecule has 2 atom stereocenters. The number of carbonyl (C=O) groups is 2. The van der Waals surface area contributed by atoms with E-state index in [-0.39, 0.29) is 55.3 Å². The summed E-state index contributed by atoms with van der Waals surface area (Å²) in [5.74, 6) is 0.147. The third-order valence-corrected chi connectivity index (χ3v) is 14.0. The molecule has 0 fully saturated rings. The zero-order chi connectivity index (χ0) is 42.3. The van der Waals surface area contributed by atoms with Crippen molar-refractivity contribution in [2.24, 2.45) is 5.92 Å². The van der Waals surface area contributed by atoms with Crippen molar-refractivity contribution in [3.63, 3.8) is 0 Å². The summed E-state index contributed by atoms with van der Waals surface area (Å²) in [7, 11) is -7.00. The molecule has 0 saturated carbocycles. The highest BCUT2D eigenvalue weighted by molar-refractivity contribution is 7.89. The standard InChI is InChI=1S/C40H70N4O9SSi2/c1-13-41-38(45)42-34-26-33(19-20-36(34)52-29-50-21-23-55(7,8)9)54(48,49)43(27-31(2)3)28-37(53-30-51-22-24-56(10,11)12)35(25-32-17-15-14-16-18-32)44(39(46)47)40(4,5)6/h14-20,26,31,35,37H,13,21-25,27-30H2,1-12H3,(H,46,47)(H2,41,42,45)/t35-,37+/m0/s1. The molecule has 0 spiro atoms.